The lowest BCUT2D eigenvalue weighted by Gasteiger charge is -2.21. The van der Waals surface area contributed by atoms with Crippen molar-refractivity contribution in [1.29, 1.82) is 5.26 Å². The Hall–Kier alpha value is -3.33. The van der Waals surface area contributed by atoms with E-state index in [0.29, 0.717) is 17.8 Å². The van der Waals surface area contributed by atoms with E-state index in [1.165, 1.54) is 0 Å². The molecule has 0 spiro atoms. The highest BCUT2D eigenvalue weighted by molar-refractivity contribution is 6.03. The van der Waals surface area contributed by atoms with Crippen LogP contribution in [0.1, 0.15) is 25.8 Å². The maximum absolute atomic E-state index is 12.6. The molecule has 1 aliphatic heterocycles. The molecule has 1 heterocycles. The van der Waals surface area contributed by atoms with Crippen LogP contribution in [0.15, 0.2) is 48.5 Å². The summed E-state index contributed by atoms with van der Waals surface area (Å²) >= 11 is 0. The molecule has 0 aromatic heterocycles. The first-order valence-electron chi connectivity index (χ1n) is 9.52. The molecule has 28 heavy (non-hydrogen) atoms. The van der Waals surface area contributed by atoms with Crippen molar-refractivity contribution >= 4 is 28.9 Å². The zero-order valence-corrected chi connectivity index (χ0v) is 16.2. The number of nitriles is 1. The number of rotatable bonds is 6. The van der Waals surface area contributed by atoms with Crippen LogP contribution < -0.4 is 15.1 Å². The highest BCUT2D eigenvalue weighted by atomic mass is 16.2. The van der Waals surface area contributed by atoms with Gasteiger partial charge in [0.1, 0.15) is 0 Å². The molecular weight excluding hydrogens is 352 g/mol. The Labute approximate surface area is 165 Å². The van der Waals surface area contributed by atoms with Crippen molar-refractivity contribution in [2.45, 2.75) is 20.3 Å². The Morgan fingerprint density at radius 3 is 2.57 bits per heavy atom. The van der Waals surface area contributed by atoms with E-state index >= 15 is 0 Å². The van der Waals surface area contributed by atoms with Crippen LogP contribution in [0.25, 0.3) is 0 Å². The Kier molecular flexibility index (Phi) is 5.95. The average Bonchev–Trinajstić information content (AvgIpc) is 3.12. The van der Waals surface area contributed by atoms with Crippen LogP contribution in [0.5, 0.6) is 0 Å². The van der Waals surface area contributed by atoms with Gasteiger partial charge in [0.05, 0.1) is 17.6 Å². The Morgan fingerprint density at radius 2 is 1.93 bits per heavy atom. The molecule has 1 aliphatic rings. The second-order valence-corrected chi connectivity index (χ2v) is 6.78. The number of benzene rings is 2. The largest absolute Gasteiger partial charge is 0.372 e. The summed E-state index contributed by atoms with van der Waals surface area (Å²) in [4.78, 5) is 28.8. The number of amides is 2. The van der Waals surface area contributed by atoms with E-state index in [9.17, 15) is 9.59 Å². The van der Waals surface area contributed by atoms with E-state index in [1.54, 1.807) is 29.2 Å². The molecule has 0 radical (unpaired) electrons. The predicted molar refractivity (Wildman–Crippen MR) is 110 cm³/mol. The molecule has 1 fully saturated rings. The van der Waals surface area contributed by atoms with Crippen LogP contribution in [-0.4, -0.2) is 31.4 Å². The monoisotopic (exact) mass is 376 g/mol. The Balaban J connectivity index is 1.65. The van der Waals surface area contributed by atoms with Gasteiger partial charge >= 0.3 is 0 Å². The molecule has 2 amide bonds. The van der Waals surface area contributed by atoms with Crippen molar-refractivity contribution in [2.24, 2.45) is 5.92 Å². The number of anilines is 3. The molecule has 1 saturated heterocycles. The van der Waals surface area contributed by atoms with Gasteiger partial charge in [-0.25, -0.2) is 0 Å². The zero-order chi connectivity index (χ0) is 20.1. The van der Waals surface area contributed by atoms with Crippen molar-refractivity contribution < 1.29 is 9.59 Å². The van der Waals surface area contributed by atoms with E-state index in [4.69, 9.17) is 5.26 Å². The second-order valence-electron chi connectivity index (χ2n) is 6.78. The highest BCUT2D eigenvalue weighted by Crippen LogP contribution is 2.27. The first kappa shape index (κ1) is 19.4. The Bertz CT molecular complexity index is 897. The third kappa shape index (κ3) is 4.15. The van der Waals surface area contributed by atoms with Gasteiger partial charge in [0, 0.05) is 43.1 Å². The highest BCUT2D eigenvalue weighted by Gasteiger charge is 2.35. The standard InChI is InChI=1S/C22H24N4O2/c1-3-25(4-2)19-10-8-18(9-11-19)24-22(28)17-13-21(27)26(15-17)20-7-5-6-16(12-20)14-23/h5-12,17H,3-4,13,15H2,1-2H3,(H,24,28). The van der Waals surface area contributed by atoms with Crippen molar-refractivity contribution in [1.82, 2.24) is 0 Å². The van der Waals surface area contributed by atoms with Gasteiger partial charge < -0.3 is 15.1 Å². The molecule has 3 rings (SSSR count). The first-order chi connectivity index (χ1) is 13.5. The van der Waals surface area contributed by atoms with Gasteiger partial charge in [-0.05, 0) is 56.3 Å². The number of nitrogens with zero attached hydrogens (tertiary/aromatic N) is 3. The third-order valence-electron chi connectivity index (χ3n) is 5.05. The predicted octanol–water partition coefficient (Wildman–Crippen LogP) is 3.40. The van der Waals surface area contributed by atoms with E-state index in [2.05, 4.69) is 30.1 Å². The molecule has 1 N–H and O–H groups in total. The van der Waals surface area contributed by atoms with Crippen molar-refractivity contribution in [2.75, 3.05) is 34.8 Å². The maximum atomic E-state index is 12.6. The summed E-state index contributed by atoms with van der Waals surface area (Å²) in [6.07, 6.45) is 0.167. The van der Waals surface area contributed by atoms with Crippen molar-refractivity contribution in [3.8, 4) is 6.07 Å². The summed E-state index contributed by atoms with van der Waals surface area (Å²) < 4.78 is 0. The third-order valence-corrected chi connectivity index (χ3v) is 5.05. The molecule has 144 valence electrons. The van der Waals surface area contributed by atoms with Crippen LogP contribution >= 0.6 is 0 Å². The van der Waals surface area contributed by atoms with Crippen LogP contribution in [-0.2, 0) is 9.59 Å². The van der Waals surface area contributed by atoms with Gasteiger partial charge in [-0.3, -0.25) is 9.59 Å². The normalized spacial score (nSPS) is 16.0. The van der Waals surface area contributed by atoms with Crippen LogP contribution in [0.4, 0.5) is 17.1 Å². The quantitative estimate of drug-likeness (QED) is 0.838. The van der Waals surface area contributed by atoms with E-state index in [-0.39, 0.29) is 18.2 Å². The zero-order valence-electron chi connectivity index (χ0n) is 16.2. The summed E-state index contributed by atoms with van der Waals surface area (Å²) in [6.45, 7) is 6.38. The van der Waals surface area contributed by atoms with Gasteiger partial charge in [-0.2, -0.15) is 5.26 Å². The minimum atomic E-state index is -0.416. The molecule has 6 heteroatoms. The van der Waals surface area contributed by atoms with Crippen molar-refractivity contribution in [3.05, 3.63) is 54.1 Å². The van der Waals surface area contributed by atoms with Gasteiger partial charge in [-0.15, -0.1) is 0 Å². The van der Waals surface area contributed by atoms with E-state index in [1.807, 2.05) is 24.3 Å². The molecule has 1 unspecified atom stereocenters. The van der Waals surface area contributed by atoms with Crippen LogP contribution in [0.2, 0.25) is 0 Å². The minimum Gasteiger partial charge on any atom is -0.372 e. The summed E-state index contributed by atoms with van der Waals surface area (Å²) in [5, 5.41) is 12.0. The Morgan fingerprint density at radius 1 is 1.21 bits per heavy atom. The lowest BCUT2D eigenvalue weighted by atomic mass is 10.1. The van der Waals surface area contributed by atoms with Gasteiger partial charge in [-0.1, -0.05) is 6.07 Å². The number of hydrogen-bond donors (Lipinski definition) is 1. The average molecular weight is 376 g/mol. The topological polar surface area (TPSA) is 76.4 Å². The number of carbonyl (C=O) groups excluding carboxylic acids is 2. The lowest BCUT2D eigenvalue weighted by Crippen LogP contribution is -2.28. The molecule has 6 nitrogen and oxygen atoms in total. The van der Waals surface area contributed by atoms with Gasteiger partial charge in [0.25, 0.3) is 0 Å². The fraction of sp³-hybridized carbons (Fsp3) is 0.318. The number of hydrogen-bond acceptors (Lipinski definition) is 4. The molecule has 0 saturated carbocycles. The first-order valence-corrected chi connectivity index (χ1v) is 9.52. The fourth-order valence-electron chi connectivity index (χ4n) is 3.46. The SMILES string of the molecule is CCN(CC)c1ccc(NC(=O)C2CC(=O)N(c3cccc(C#N)c3)C2)cc1. The smallest absolute Gasteiger partial charge is 0.229 e. The number of carbonyl (C=O) groups is 2. The van der Waals surface area contributed by atoms with Crippen LogP contribution in [0, 0.1) is 17.2 Å². The molecular formula is C22H24N4O2. The summed E-state index contributed by atoms with van der Waals surface area (Å²) in [5.41, 5.74) is 2.98. The summed E-state index contributed by atoms with van der Waals surface area (Å²) in [7, 11) is 0. The second kappa shape index (κ2) is 8.57. The molecule has 0 aliphatic carbocycles. The van der Waals surface area contributed by atoms with E-state index < -0.39 is 5.92 Å². The minimum absolute atomic E-state index is 0.105. The van der Waals surface area contributed by atoms with Crippen LogP contribution in [0.3, 0.4) is 0 Å². The molecule has 2 aromatic rings. The number of nitrogens with one attached hydrogen (secondary N) is 1. The molecule has 1 atom stereocenters. The maximum Gasteiger partial charge on any atom is 0.229 e. The fourth-order valence-corrected chi connectivity index (χ4v) is 3.46. The van der Waals surface area contributed by atoms with Crippen molar-refractivity contribution in [3.63, 3.8) is 0 Å². The molecule has 0 bridgehead atoms. The van der Waals surface area contributed by atoms with Gasteiger partial charge in [0.2, 0.25) is 11.8 Å². The lowest BCUT2D eigenvalue weighted by molar-refractivity contribution is -0.122. The van der Waals surface area contributed by atoms with E-state index in [0.717, 1.165) is 24.5 Å². The molecule has 2 aromatic carbocycles. The summed E-state index contributed by atoms with van der Waals surface area (Å²) in [6, 6.07) is 16.7. The van der Waals surface area contributed by atoms with Gasteiger partial charge in [0.15, 0.2) is 0 Å². The summed E-state index contributed by atoms with van der Waals surface area (Å²) in [5.74, 6) is -0.685.